The number of esters is 1. The number of alkyl halides is 1. The second-order valence-corrected chi connectivity index (χ2v) is 3.19. The number of rotatable bonds is 4. The Kier molecular flexibility index (Phi) is 4.09. The third-order valence-electron chi connectivity index (χ3n) is 2.20. The van der Waals surface area contributed by atoms with Gasteiger partial charge in [0.15, 0.2) is 0 Å². The molecule has 82 valence electrons. The predicted molar refractivity (Wildman–Crippen MR) is 53.5 cm³/mol. The molecule has 1 N–H and O–H groups in total. The zero-order chi connectivity index (χ0) is 11.3. The van der Waals surface area contributed by atoms with Crippen LogP contribution in [0.15, 0.2) is 24.3 Å². The first-order valence-corrected chi connectivity index (χ1v) is 4.59. The van der Waals surface area contributed by atoms with E-state index in [1.165, 1.54) is 13.2 Å². The molecule has 0 aliphatic heterocycles. The minimum absolute atomic E-state index is 0.00375. The minimum atomic E-state index is -0.702. The van der Waals surface area contributed by atoms with Gasteiger partial charge >= 0.3 is 5.97 Å². The number of phenolic OH excluding ortho intramolecular Hbond substituents is 1. The molecule has 0 radical (unpaired) electrons. The van der Waals surface area contributed by atoms with Crippen LogP contribution in [0.25, 0.3) is 0 Å². The Bertz CT molecular complexity index is 338. The summed E-state index contributed by atoms with van der Waals surface area (Å²) in [6.07, 6.45) is -0.0649. The lowest BCUT2D eigenvalue weighted by Gasteiger charge is -2.13. The molecule has 0 unspecified atom stereocenters. The number of benzene rings is 1. The van der Waals surface area contributed by atoms with Crippen molar-refractivity contribution in [3.8, 4) is 5.75 Å². The molecule has 0 spiro atoms. The predicted octanol–water partition coefficient (Wildman–Crippen LogP) is 2.01. The molecule has 0 aromatic heterocycles. The number of carbonyl (C=O) groups excluding carboxylic acids is 1. The highest BCUT2D eigenvalue weighted by Gasteiger charge is 2.18. The molecule has 0 saturated carbocycles. The van der Waals surface area contributed by atoms with E-state index in [0.717, 1.165) is 0 Å². The van der Waals surface area contributed by atoms with Crippen LogP contribution in [0.5, 0.6) is 5.75 Å². The van der Waals surface area contributed by atoms with E-state index in [9.17, 15) is 14.3 Å². The molecule has 0 heterocycles. The summed E-state index contributed by atoms with van der Waals surface area (Å²) in [4.78, 5) is 11.0. The summed E-state index contributed by atoms with van der Waals surface area (Å²) < 4.78 is 17.2. The number of hydrogen-bond donors (Lipinski definition) is 1. The van der Waals surface area contributed by atoms with Crippen molar-refractivity contribution in [3.05, 3.63) is 29.8 Å². The first kappa shape index (κ1) is 11.5. The lowest BCUT2D eigenvalue weighted by molar-refractivity contribution is -0.141. The highest BCUT2D eigenvalue weighted by Crippen LogP contribution is 2.28. The number of para-hydroxylation sites is 1. The van der Waals surface area contributed by atoms with Crippen LogP contribution in [0.2, 0.25) is 0 Å². The van der Waals surface area contributed by atoms with Gasteiger partial charge in [0.1, 0.15) is 5.75 Å². The van der Waals surface area contributed by atoms with Crippen LogP contribution in [0.4, 0.5) is 4.39 Å². The normalized spacial score (nSPS) is 12.1. The van der Waals surface area contributed by atoms with E-state index in [1.54, 1.807) is 18.2 Å². The summed E-state index contributed by atoms with van der Waals surface area (Å²) in [6, 6.07) is 6.40. The van der Waals surface area contributed by atoms with Crippen LogP contribution in [0.1, 0.15) is 17.9 Å². The largest absolute Gasteiger partial charge is 0.508 e. The third kappa shape index (κ3) is 2.94. The van der Waals surface area contributed by atoms with Crippen LogP contribution in [0.3, 0.4) is 0 Å². The lowest BCUT2D eigenvalue weighted by Crippen LogP contribution is -2.10. The standard InChI is InChI=1S/C11H13FO3/c1-15-11(14)6-8(7-12)9-4-2-3-5-10(9)13/h2-5,8,13H,6-7H2,1H3/t8-/m1/s1. The van der Waals surface area contributed by atoms with Crippen LogP contribution in [-0.2, 0) is 9.53 Å². The van der Waals surface area contributed by atoms with Crippen molar-refractivity contribution in [1.29, 1.82) is 0 Å². The summed E-state index contributed by atoms with van der Waals surface area (Å²) in [7, 11) is 1.25. The van der Waals surface area contributed by atoms with Crippen molar-refractivity contribution in [3.63, 3.8) is 0 Å². The van der Waals surface area contributed by atoms with E-state index in [-0.39, 0.29) is 12.2 Å². The first-order chi connectivity index (χ1) is 7.19. The molecule has 3 nitrogen and oxygen atoms in total. The summed E-state index contributed by atoms with van der Waals surface area (Å²) in [5, 5.41) is 9.48. The minimum Gasteiger partial charge on any atom is -0.508 e. The molecule has 1 aromatic carbocycles. The Morgan fingerprint density at radius 3 is 2.73 bits per heavy atom. The van der Waals surface area contributed by atoms with E-state index >= 15 is 0 Å². The van der Waals surface area contributed by atoms with Gasteiger partial charge in [-0.15, -0.1) is 0 Å². The van der Waals surface area contributed by atoms with Gasteiger partial charge in [-0.2, -0.15) is 0 Å². The third-order valence-corrected chi connectivity index (χ3v) is 2.20. The van der Waals surface area contributed by atoms with Crippen LogP contribution >= 0.6 is 0 Å². The molecular weight excluding hydrogens is 199 g/mol. The van der Waals surface area contributed by atoms with E-state index in [1.807, 2.05) is 0 Å². The van der Waals surface area contributed by atoms with Crippen molar-refractivity contribution >= 4 is 5.97 Å². The summed E-state index contributed by atoms with van der Waals surface area (Å²) in [5.41, 5.74) is 0.436. The van der Waals surface area contributed by atoms with Crippen molar-refractivity contribution in [2.75, 3.05) is 13.8 Å². The SMILES string of the molecule is COC(=O)C[C@H](CF)c1ccccc1O. The molecule has 0 saturated heterocycles. The van der Waals surface area contributed by atoms with Crippen LogP contribution < -0.4 is 0 Å². The fourth-order valence-electron chi connectivity index (χ4n) is 1.36. The fourth-order valence-corrected chi connectivity index (χ4v) is 1.36. The van der Waals surface area contributed by atoms with Gasteiger partial charge in [-0.25, -0.2) is 0 Å². The maximum absolute atomic E-state index is 12.7. The van der Waals surface area contributed by atoms with Crippen molar-refractivity contribution in [2.45, 2.75) is 12.3 Å². The summed E-state index contributed by atoms with van der Waals surface area (Å²) in [5.74, 6) is -1.12. The molecule has 1 rings (SSSR count). The maximum Gasteiger partial charge on any atom is 0.306 e. The van der Waals surface area contributed by atoms with E-state index in [2.05, 4.69) is 4.74 Å². The van der Waals surface area contributed by atoms with Gasteiger partial charge in [-0.3, -0.25) is 9.18 Å². The van der Waals surface area contributed by atoms with E-state index in [0.29, 0.717) is 5.56 Å². The fraction of sp³-hybridized carbons (Fsp3) is 0.364. The van der Waals surface area contributed by atoms with Crippen molar-refractivity contribution in [2.24, 2.45) is 0 Å². The number of aromatic hydroxyl groups is 1. The van der Waals surface area contributed by atoms with Gasteiger partial charge in [0.05, 0.1) is 20.2 Å². The number of phenols is 1. The quantitative estimate of drug-likeness (QED) is 0.776. The van der Waals surface area contributed by atoms with Gasteiger partial charge in [0.2, 0.25) is 0 Å². The Hall–Kier alpha value is -1.58. The Morgan fingerprint density at radius 2 is 2.20 bits per heavy atom. The van der Waals surface area contributed by atoms with Gasteiger partial charge in [-0.1, -0.05) is 18.2 Å². The molecule has 1 atom stereocenters. The molecule has 0 fully saturated rings. The average molecular weight is 212 g/mol. The van der Waals surface area contributed by atoms with Crippen LogP contribution in [-0.4, -0.2) is 24.9 Å². The van der Waals surface area contributed by atoms with Crippen LogP contribution in [0, 0.1) is 0 Å². The van der Waals surface area contributed by atoms with Gasteiger partial charge < -0.3 is 9.84 Å². The molecule has 1 aromatic rings. The Balaban J connectivity index is 2.83. The molecular formula is C11H13FO3. The first-order valence-electron chi connectivity index (χ1n) is 4.59. The van der Waals surface area contributed by atoms with E-state index < -0.39 is 18.6 Å². The highest BCUT2D eigenvalue weighted by atomic mass is 19.1. The lowest BCUT2D eigenvalue weighted by atomic mass is 9.96. The zero-order valence-electron chi connectivity index (χ0n) is 8.44. The summed E-state index contributed by atoms with van der Waals surface area (Å²) >= 11 is 0. The highest BCUT2D eigenvalue weighted by molar-refractivity contribution is 5.70. The molecule has 15 heavy (non-hydrogen) atoms. The zero-order valence-corrected chi connectivity index (χ0v) is 8.44. The van der Waals surface area contributed by atoms with Gasteiger partial charge in [0.25, 0.3) is 0 Å². The average Bonchev–Trinajstić information content (AvgIpc) is 2.26. The van der Waals surface area contributed by atoms with Crippen molar-refractivity contribution in [1.82, 2.24) is 0 Å². The number of halogens is 1. The second kappa shape index (κ2) is 5.34. The molecule has 4 heteroatoms. The maximum atomic E-state index is 12.7. The van der Waals surface area contributed by atoms with E-state index in [4.69, 9.17) is 0 Å². The number of hydrogen-bond acceptors (Lipinski definition) is 3. The topological polar surface area (TPSA) is 46.5 Å². The number of methoxy groups -OCH3 is 1. The Labute approximate surface area is 87.5 Å². The molecule has 0 aliphatic rings. The second-order valence-electron chi connectivity index (χ2n) is 3.19. The Morgan fingerprint density at radius 1 is 1.53 bits per heavy atom. The number of carbonyl (C=O) groups is 1. The molecule has 0 aliphatic carbocycles. The molecule has 0 bridgehead atoms. The monoisotopic (exact) mass is 212 g/mol. The summed E-state index contributed by atoms with van der Waals surface area (Å²) in [6.45, 7) is -0.702. The smallest absolute Gasteiger partial charge is 0.306 e. The number of ether oxygens (including phenoxy) is 1. The van der Waals surface area contributed by atoms with Gasteiger partial charge in [-0.05, 0) is 6.07 Å². The molecule has 0 amide bonds. The van der Waals surface area contributed by atoms with Crippen molar-refractivity contribution < 1.29 is 19.0 Å². The van der Waals surface area contributed by atoms with Gasteiger partial charge in [0, 0.05) is 11.5 Å².